The molecule has 0 fully saturated rings. The van der Waals surface area contributed by atoms with Crippen molar-refractivity contribution < 1.29 is 9.53 Å². The number of amides is 1. The van der Waals surface area contributed by atoms with Crippen LogP contribution in [0.25, 0.3) is 0 Å². The first kappa shape index (κ1) is 15.8. The third-order valence-electron chi connectivity index (χ3n) is 4.23. The molecule has 0 atom stereocenters. The number of aromatic amines is 1. The maximum atomic E-state index is 12.9. The van der Waals surface area contributed by atoms with Gasteiger partial charge in [0.05, 0.1) is 12.2 Å². The monoisotopic (exact) mass is 334 g/mol. The van der Waals surface area contributed by atoms with E-state index in [1.807, 2.05) is 25.1 Å². The SMILES string of the molecule is Cc1ccc2c(c1)OCCN2C(=O)c1n[nH]c2c1CNCC2.Cl. The minimum Gasteiger partial charge on any atom is -0.490 e. The number of aryl methyl sites for hydroxylation is 1. The summed E-state index contributed by atoms with van der Waals surface area (Å²) in [5.41, 5.74) is 4.53. The van der Waals surface area contributed by atoms with Crippen LogP contribution in [0, 0.1) is 6.92 Å². The zero-order chi connectivity index (χ0) is 15.1. The number of benzene rings is 1. The largest absolute Gasteiger partial charge is 0.490 e. The molecule has 0 bridgehead atoms. The van der Waals surface area contributed by atoms with Crippen molar-refractivity contribution in [2.45, 2.75) is 19.9 Å². The van der Waals surface area contributed by atoms with E-state index in [1.165, 1.54) is 0 Å². The van der Waals surface area contributed by atoms with Gasteiger partial charge < -0.3 is 15.0 Å². The fraction of sp³-hybridized carbons (Fsp3) is 0.375. The van der Waals surface area contributed by atoms with Crippen molar-refractivity contribution in [2.24, 2.45) is 0 Å². The van der Waals surface area contributed by atoms with E-state index in [2.05, 4.69) is 15.5 Å². The fourth-order valence-electron chi connectivity index (χ4n) is 3.07. The summed E-state index contributed by atoms with van der Waals surface area (Å²) in [4.78, 5) is 14.7. The number of hydrogen-bond acceptors (Lipinski definition) is 4. The van der Waals surface area contributed by atoms with E-state index in [0.717, 1.165) is 41.2 Å². The molecule has 2 N–H and O–H groups in total. The van der Waals surface area contributed by atoms with E-state index in [4.69, 9.17) is 4.74 Å². The van der Waals surface area contributed by atoms with Crippen LogP contribution in [0.4, 0.5) is 5.69 Å². The molecule has 7 heteroatoms. The number of H-pyrrole nitrogens is 1. The van der Waals surface area contributed by atoms with Crippen molar-refractivity contribution >= 4 is 24.0 Å². The number of carbonyl (C=O) groups is 1. The van der Waals surface area contributed by atoms with Gasteiger partial charge in [0.25, 0.3) is 5.91 Å². The molecule has 23 heavy (non-hydrogen) atoms. The lowest BCUT2D eigenvalue weighted by atomic mass is 10.1. The van der Waals surface area contributed by atoms with Crippen LogP contribution >= 0.6 is 12.4 Å². The molecule has 2 aliphatic rings. The Bertz CT molecular complexity index is 744. The lowest BCUT2D eigenvalue weighted by Crippen LogP contribution is -2.39. The van der Waals surface area contributed by atoms with E-state index in [9.17, 15) is 4.79 Å². The third kappa shape index (κ3) is 2.68. The highest BCUT2D eigenvalue weighted by Crippen LogP contribution is 2.33. The van der Waals surface area contributed by atoms with Gasteiger partial charge >= 0.3 is 0 Å². The molecule has 3 heterocycles. The molecule has 0 radical (unpaired) electrons. The molecular weight excluding hydrogens is 316 g/mol. The zero-order valence-corrected chi connectivity index (χ0v) is 13.7. The molecule has 2 aliphatic heterocycles. The van der Waals surface area contributed by atoms with Crippen molar-refractivity contribution in [1.29, 1.82) is 0 Å². The second kappa shape index (κ2) is 6.22. The van der Waals surface area contributed by atoms with E-state index >= 15 is 0 Å². The van der Waals surface area contributed by atoms with Crippen molar-refractivity contribution in [3.8, 4) is 5.75 Å². The summed E-state index contributed by atoms with van der Waals surface area (Å²) < 4.78 is 5.68. The number of carbonyl (C=O) groups excluding carboxylic acids is 1. The molecule has 1 amide bonds. The fourth-order valence-corrected chi connectivity index (χ4v) is 3.07. The first-order chi connectivity index (χ1) is 10.7. The smallest absolute Gasteiger partial charge is 0.279 e. The number of aromatic nitrogens is 2. The van der Waals surface area contributed by atoms with Gasteiger partial charge in [-0.05, 0) is 24.6 Å². The molecular formula is C16H19ClN4O2. The minimum atomic E-state index is -0.0606. The minimum absolute atomic E-state index is 0. The molecule has 2 aromatic rings. The molecule has 122 valence electrons. The number of anilines is 1. The Labute approximate surface area is 140 Å². The van der Waals surface area contributed by atoms with Crippen LogP contribution in [0.1, 0.15) is 27.3 Å². The summed E-state index contributed by atoms with van der Waals surface area (Å²) in [6.45, 7) is 4.68. The summed E-state index contributed by atoms with van der Waals surface area (Å²) >= 11 is 0. The van der Waals surface area contributed by atoms with E-state index in [1.54, 1.807) is 4.90 Å². The summed E-state index contributed by atoms with van der Waals surface area (Å²) in [7, 11) is 0. The van der Waals surface area contributed by atoms with Crippen LogP contribution in [0.2, 0.25) is 0 Å². The predicted octanol–water partition coefficient (Wildman–Crippen LogP) is 1.82. The first-order valence-corrected chi connectivity index (χ1v) is 7.56. The number of nitrogens with zero attached hydrogens (tertiary/aromatic N) is 2. The van der Waals surface area contributed by atoms with Gasteiger partial charge in [0.15, 0.2) is 5.69 Å². The van der Waals surface area contributed by atoms with Gasteiger partial charge in [-0.25, -0.2) is 0 Å². The zero-order valence-electron chi connectivity index (χ0n) is 12.9. The second-order valence-electron chi connectivity index (χ2n) is 5.73. The van der Waals surface area contributed by atoms with Crippen molar-refractivity contribution in [3.63, 3.8) is 0 Å². The standard InChI is InChI=1S/C16H18N4O2.ClH/c1-10-2-3-13-14(8-10)22-7-6-20(13)16(21)15-11-9-17-5-4-12(11)18-19-15;/h2-3,8,17H,4-7,9H2,1H3,(H,18,19);1H. The Morgan fingerprint density at radius 1 is 1.39 bits per heavy atom. The summed E-state index contributed by atoms with van der Waals surface area (Å²) in [5.74, 6) is 0.705. The number of rotatable bonds is 1. The molecule has 4 rings (SSSR count). The Morgan fingerprint density at radius 2 is 2.26 bits per heavy atom. The molecule has 6 nitrogen and oxygen atoms in total. The molecule has 0 spiro atoms. The van der Waals surface area contributed by atoms with Crippen LogP contribution in [-0.4, -0.2) is 35.8 Å². The highest BCUT2D eigenvalue weighted by molar-refractivity contribution is 6.07. The Balaban J connectivity index is 0.00000156. The third-order valence-corrected chi connectivity index (χ3v) is 4.23. The molecule has 0 aliphatic carbocycles. The second-order valence-corrected chi connectivity index (χ2v) is 5.73. The normalized spacial score (nSPS) is 16.0. The summed E-state index contributed by atoms with van der Waals surface area (Å²) in [5, 5.41) is 10.6. The van der Waals surface area contributed by atoms with Crippen LogP contribution in [-0.2, 0) is 13.0 Å². The number of halogens is 1. The molecule has 0 saturated heterocycles. The van der Waals surface area contributed by atoms with Gasteiger partial charge in [-0.1, -0.05) is 6.07 Å². The Hall–Kier alpha value is -2.05. The molecule has 1 aromatic carbocycles. The number of fused-ring (bicyclic) bond motifs is 2. The van der Waals surface area contributed by atoms with Crippen LogP contribution < -0.4 is 15.0 Å². The quantitative estimate of drug-likeness (QED) is 0.834. The molecule has 0 saturated carbocycles. The maximum absolute atomic E-state index is 12.9. The van der Waals surface area contributed by atoms with Crippen molar-refractivity contribution in [3.05, 3.63) is 40.7 Å². The Kier molecular flexibility index (Phi) is 4.28. The van der Waals surface area contributed by atoms with Gasteiger partial charge in [0, 0.05) is 30.8 Å². The summed E-state index contributed by atoms with van der Waals surface area (Å²) in [6, 6.07) is 5.91. The first-order valence-electron chi connectivity index (χ1n) is 7.56. The summed E-state index contributed by atoms with van der Waals surface area (Å²) in [6.07, 6.45) is 0.883. The van der Waals surface area contributed by atoms with Gasteiger partial charge in [-0.3, -0.25) is 9.89 Å². The van der Waals surface area contributed by atoms with E-state index in [0.29, 0.717) is 25.4 Å². The van der Waals surface area contributed by atoms with Crippen LogP contribution in [0.3, 0.4) is 0 Å². The van der Waals surface area contributed by atoms with E-state index in [-0.39, 0.29) is 18.3 Å². The van der Waals surface area contributed by atoms with Gasteiger partial charge in [0.2, 0.25) is 0 Å². The number of hydrogen-bond donors (Lipinski definition) is 2. The highest BCUT2D eigenvalue weighted by Gasteiger charge is 2.29. The van der Waals surface area contributed by atoms with Crippen LogP contribution in [0.15, 0.2) is 18.2 Å². The molecule has 0 unspecified atom stereocenters. The average Bonchev–Trinajstić information content (AvgIpc) is 2.97. The molecule has 1 aromatic heterocycles. The van der Waals surface area contributed by atoms with Gasteiger partial charge in [-0.2, -0.15) is 5.10 Å². The number of nitrogens with one attached hydrogen (secondary N) is 2. The average molecular weight is 335 g/mol. The van der Waals surface area contributed by atoms with Gasteiger partial charge in [-0.15, -0.1) is 12.4 Å². The van der Waals surface area contributed by atoms with Crippen LogP contribution in [0.5, 0.6) is 5.75 Å². The lowest BCUT2D eigenvalue weighted by Gasteiger charge is -2.29. The van der Waals surface area contributed by atoms with E-state index < -0.39 is 0 Å². The predicted molar refractivity (Wildman–Crippen MR) is 89.6 cm³/mol. The topological polar surface area (TPSA) is 70.2 Å². The lowest BCUT2D eigenvalue weighted by molar-refractivity contribution is 0.0970. The van der Waals surface area contributed by atoms with Crippen molar-refractivity contribution in [2.75, 3.05) is 24.6 Å². The maximum Gasteiger partial charge on any atom is 0.279 e. The van der Waals surface area contributed by atoms with Crippen molar-refractivity contribution in [1.82, 2.24) is 15.5 Å². The highest BCUT2D eigenvalue weighted by atomic mass is 35.5. The number of ether oxygens (including phenoxy) is 1. The van der Waals surface area contributed by atoms with Gasteiger partial charge in [0.1, 0.15) is 12.4 Å². The Morgan fingerprint density at radius 3 is 3.13 bits per heavy atom.